The van der Waals surface area contributed by atoms with Gasteiger partial charge in [-0.15, -0.1) is 0 Å². The van der Waals surface area contributed by atoms with Gasteiger partial charge in [-0.1, -0.05) is 12.1 Å². The SMILES string of the molecule is Cc1cccc(NC(=O)[C@@H](N)CCS(C)(=O)=O)c1. The van der Waals surface area contributed by atoms with Crippen LogP contribution in [-0.4, -0.2) is 32.4 Å². The first kappa shape index (κ1) is 14.7. The molecule has 0 saturated carbocycles. The minimum absolute atomic E-state index is 0.0879. The van der Waals surface area contributed by atoms with Gasteiger partial charge in [0.1, 0.15) is 9.84 Å². The highest BCUT2D eigenvalue weighted by atomic mass is 32.2. The summed E-state index contributed by atoms with van der Waals surface area (Å²) < 4.78 is 21.9. The normalized spacial score (nSPS) is 13.1. The highest BCUT2D eigenvalue weighted by molar-refractivity contribution is 7.90. The number of nitrogens with one attached hydrogen (secondary N) is 1. The van der Waals surface area contributed by atoms with E-state index in [0.29, 0.717) is 5.69 Å². The molecule has 0 bridgehead atoms. The maximum atomic E-state index is 11.7. The fraction of sp³-hybridized carbons (Fsp3) is 0.417. The van der Waals surface area contributed by atoms with E-state index in [4.69, 9.17) is 5.73 Å². The first-order chi connectivity index (χ1) is 8.28. The van der Waals surface area contributed by atoms with Gasteiger partial charge in [-0.05, 0) is 31.0 Å². The molecule has 1 aromatic rings. The Kier molecular flexibility index (Phi) is 4.86. The van der Waals surface area contributed by atoms with Crippen molar-refractivity contribution in [1.29, 1.82) is 0 Å². The fourth-order valence-electron chi connectivity index (χ4n) is 1.43. The van der Waals surface area contributed by atoms with Gasteiger partial charge >= 0.3 is 0 Å². The van der Waals surface area contributed by atoms with Crippen LogP contribution in [0.5, 0.6) is 0 Å². The summed E-state index contributed by atoms with van der Waals surface area (Å²) >= 11 is 0. The molecule has 0 saturated heterocycles. The van der Waals surface area contributed by atoms with Crippen LogP contribution < -0.4 is 11.1 Å². The van der Waals surface area contributed by atoms with E-state index in [1.165, 1.54) is 0 Å². The van der Waals surface area contributed by atoms with E-state index in [1.807, 2.05) is 25.1 Å². The summed E-state index contributed by atoms with van der Waals surface area (Å²) in [5, 5.41) is 2.66. The van der Waals surface area contributed by atoms with Crippen LogP contribution in [0.1, 0.15) is 12.0 Å². The molecule has 0 unspecified atom stereocenters. The summed E-state index contributed by atoms with van der Waals surface area (Å²) in [6.45, 7) is 1.92. The van der Waals surface area contributed by atoms with Crippen molar-refractivity contribution in [1.82, 2.24) is 0 Å². The Bertz CT molecular complexity index is 526. The van der Waals surface area contributed by atoms with Gasteiger partial charge in [0.2, 0.25) is 5.91 Å². The number of carbonyl (C=O) groups excluding carboxylic acids is 1. The van der Waals surface area contributed by atoms with Gasteiger partial charge in [0.05, 0.1) is 11.8 Å². The number of aryl methyl sites for hydroxylation is 1. The van der Waals surface area contributed by atoms with E-state index in [0.717, 1.165) is 11.8 Å². The van der Waals surface area contributed by atoms with Crippen LogP contribution in [0.4, 0.5) is 5.69 Å². The molecule has 0 aliphatic rings. The largest absolute Gasteiger partial charge is 0.325 e. The zero-order valence-electron chi connectivity index (χ0n) is 10.5. The van der Waals surface area contributed by atoms with E-state index < -0.39 is 15.9 Å². The Morgan fingerprint density at radius 2 is 2.11 bits per heavy atom. The quantitative estimate of drug-likeness (QED) is 0.824. The monoisotopic (exact) mass is 270 g/mol. The third kappa shape index (κ3) is 5.29. The number of rotatable bonds is 5. The molecule has 0 heterocycles. The Morgan fingerprint density at radius 1 is 1.44 bits per heavy atom. The molecule has 5 nitrogen and oxygen atoms in total. The molecule has 100 valence electrons. The van der Waals surface area contributed by atoms with Gasteiger partial charge in [0, 0.05) is 11.9 Å². The van der Waals surface area contributed by atoms with E-state index in [9.17, 15) is 13.2 Å². The minimum Gasteiger partial charge on any atom is -0.325 e. The van der Waals surface area contributed by atoms with Gasteiger partial charge in [-0.2, -0.15) is 0 Å². The first-order valence-corrected chi connectivity index (χ1v) is 7.65. The molecule has 0 aliphatic carbocycles. The third-order valence-corrected chi connectivity index (χ3v) is 3.40. The lowest BCUT2D eigenvalue weighted by molar-refractivity contribution is -0.117. The molecule has 0 spiro atoms. The van der Waals surface area contributed by atoms with Crippen LogP contribution in [0.3, 0.4) is 0 Å². The van der Waals surface area contributed by atoms with Crippen molar-refractivity contribution in [3.8, 4) is 0 Å². The number of amides is 1. The van der Waals surface area contributed by atoms with Crippen LogP contribution in [-0.2, 0) is 14.6 Å². The second-order valence-corrected chi connectivity index (χ2v) is 6.64. The van der Waals surface area contributed by atoms with Crippen LogP contribution in [0.15, 0.2) is 24.3 Å². The molecule has 3 N–H and O–H groups in total. The second-order valence-electron chi connectivity index (χ2n) is 4.38. The topological polar surface area (TPSA) is 89.3 Å². The molecule has 6 heteroatoms. The van der Waals surface area contributed by atoms with E-state index in [-0.39, 0.29) is 18.1 Å². The number of hydrogen-bond donors (Lipinski definition) is 2. The maximum absolute atomic E-state index is 11.7. The molecule has 1 rings (SSSR count). The average Bonchev–Trinajstić information content (AvgIpc) is 2.24. The van der Waals surface area contributed by atoms with Crippen molar-refractivity contribution in [2.75, 3.05) is 17.3 Å². The zero-order chi connectivity index (χ0) is 13.8. The minimum atomic E-state index is -3.09. The maximum Gasteiger partial charge on any atom is 0.241 e. The Balaban J connectivity index is 2.55. The predicted octanol–water partition coefficient (Wildman–Crippen LogP) is 0.696. The summed E-state index contributed by atoms with van der Waals surface area (Å²) in [5.41, 5.74) is 7.32. The van der Waals surface area contributed by atoms with Gasteiger partial charge < -0.3 is 11.1 Å². The van der Waals surface area contributed by atoms with E-state index in [2.05, 4.69) is 5.32 Å². The summed E-state index contributed by atoms with van der Waals surface area (Å²) in [4.78, 5) is 11.7. The molecule has 18 heavy (non-hydrogen) atoms. The third-order valence-electron chi connectivity index (χ3n) is 2.42. The fourth-order valence-corrected chi connectivity index (χ4v) is 2.11. The average molecular weight is 270 g/mol. The van der Waals surface area contributed by atoms with Crippen molar-refractivity contribution in [3.05, 3.63) is 29.8 Å². The molecule has 0 fully saturated rings. The lowest BCUT2D eigenvalue weighted by atomic mass is 10.2. The standard InChI is InChI=1S/C12H18N2O3S/c1-9-4-3-5-10(8-9)14-12(15)11(13)6-7-18(2,16)17/h3-5,8,11H,6-7,13H2,1-2H3,(H,14,15)/t11-/m0/s1. The molecule has 1 aromatic carbocycles. The lowest BCUT2D eigenvalue weighted by Crippen LogP contribution is -2.37. The highest BCUT2D eigenvalue weighted by Gasteiger charge is 2.15. The number of benzene rings is 1. The van der Waals surface area contributed by atoms with Crippen LogP contribution in [0, 0.1) is 6.92 Å². The lowest BCUT2D eigenvalue weighted by Gasteiger charge is -2.12. The molecule has 0 radical (unpaired) electrons. The molecule has 0 aromatic heterocycles. The number of carbonyl (C=O) groups is 1. The van der Waals surface area contributed by atoms with Crippen molar-refractivity contribution in [3.63, 3.8) is 0 Å². The molecular weight excluding hydrogens is 252 g/mol. The van der Waals surface area contributed by atoms with Crippen molar-refractivity contribution < 1.29 is 13.2 Å². The zero-order valence-corrected chi connectivity index (χ0v) is 11.3. The number of hydrogen-bond acceptors (Lipinski definition) is 4. The van der Waals surface area contributed by atoms with Crippen LogP contribution in [0.2, 0.25) is 0 Å². The summed E-state index contributed by atoms with van der Waals surface area (Å²) in [7, 11) is -3.09. The van der Waals surface area contributed by atoms with Crippen LogP contribution in [0.25, 0.3) is 0 Å². The van der Waals surface area contributed by atoms with Crippen molar-refractivity contribution >= 4 is 21.4 Å². The van der Waals surface area contributed by atoms with Crippen molar-refractivity contribution in [2.24, 2.45) is 5.73 Å². The molecule has 1 amide bonds. The van der Waals surface area contributed by atoms with Gasteiger partial charge in [-0.3, -0.25) is 4.79 Å². The number of sulfone groups is 1. The van der Waals surface area contributed by atoms with Gasteiger partial charge in [-0.25, -0.2) is 8.42 Å². The van der Waals surface area contributed by atoms with Gasteiger partial charge in [0.25, 0.3) is 0 Å². The summed E-state index contributed by atoms with van der Waals surface area (Å²) in [6.07, 6.45) is 1.24. The molecule has 0 aliphatic heterocycles. The second kappa shape index (κ2) is 5.97. The predicted molar refractivity (Wildman–Crippen MR) is 72.1 cm³/mol. The van der Waals surface area contributed by atoms with Crippen LogP contribution >= 0.6 is 0 Å². The molecular formula is C12H18N2O3S. The highest BCUT2D eigenvalue weighted by Crippen LogP contribution is 2.10. The van der Waals surface area contributed by atoms with E-state index in [1.54, 1.807) is 6.07 Å². The van der Waals surface area contributed by atoms with Crippen molar-refractivity contribution in [2.45, 2.75) is 19.4 Å². The summed E-state index contributed by atoms with van der Waals surface area (Å²) in [5.74, 6) is -0.459. The molecule has 1 atom stereocenters. The number of anilines is 1. The smallest absolute Gasteiger partial charge is 0.241 e. The van der Waals surface area contributed by atoms with E-state index >= 15 is 0 Å². The first-order valence-electron chi connectivity index (χ1n) is 5.59. The Morgan fingerprint density at radius 3 is 2.67 bits per heavy atom. The van der Waals surface area contributed by atoms with Gasteiger partial charge in [0.15, 0.2) is 0 Å². The Hall–Kier alpha value is -1.40. The summed E-state index contributed by atoms with van der Waals surface area (Å²) in [6, 6.07) is 6.50. The Labute approximate surface area is 107 Å². The number of nitrogens with two attached hydrogens (primary N) is 1.